The van der Waals surface area contributed by atoms with Gasteiger partial charge in [-0.3, -0.25) is 4.79 Å². The molecule has 2 aromatic rings. The van der Waals surface area contributed by atoms with Crippen LogP contribution in [-0.4, -0.2) is 14.4 Å². The van der Waals surface area contributed by atoms with Gasteiger partial charge in [0, 0.05) is 11.9 Å². The van der Waals surface area contributed by atoms with Crippen LogP contribution in [0.15, 0.2) is 41.3 Å². The Morgan fingerprint density at radius 3 is 2.29 bits per heavy atom. The third-order valence-corrected chi connectivity index (χ3v) is 4.78. The number of hydrogen-bond acceptors (Lipinski definition) is 5. The van der Waals surface area contributed by atoms with E-state index in [4.69, 9.17) is 32.1 Å². The molecule has 0 N–H and O–H groups in total. The van der Waals surface area contributed by atoms with Crippen molar-refractivity contribution in [1.82, 2.24) is 0 Å². The molecule has 0 atom stereocenters. The summed E-state index contributed by atoms with van der Waals surface area (Å²) < 4.78 is 35.1. The Bertz CT molecular complexity index is 861. The van der Waals surface area contributed by atoms with E-state index in [0.717, 1.165) is 25.0 Å². The van der Waals surface area contributed by atoms with Gasteiger partial charge in [0.25, 0.3) is 0 Å². The molecule has 0 aliphatic heterocycles. The molecule has 0 spiro atoms. The number of carbonyl (C=O) groups excluding carboxylic acids is 1. The van der Waals surface area contributed by atoms with Gasteiger partial charge in [0.1, 0.15) is 5.75 Å². The molecule has 0 heterocycles. The fourth-order valence-electron chi connectivity index (χ4n) is 1.92. The van der Waals surface area contributed by atoms with Crippen LogP contribution in [-0.2, 0) is 21.3 Å². The second kappa shape index (κ2) is 7.42. The van der Waals surface area contributed by atoms with Crippen molar-refractivity contribution in [2.24, 2.45) is 0 Å². The standard InChI is InChI=1S/C16H14Cl2O5S/c1-3-11-4-6-13(7-5-11)23-24(20,21)15-9-12(17)8-14(18)16(15)22-10(2)19/h4-9H,3H2,1-2H3. The van der Waals surface area contributed by atoms with E-state index < -0.39 is 21.0 Å². The van der Waals surface area contributed by atoms with Gasteiger partial charge in [-0.15, -0.1) is 0 Å². The first-order chi connectivity index (χ1) is 11.2. The fraction of sp³-hybridized carbons (Fsp3) is 0.188. The highest BCUT2D eigenvalue weighted by Crippen LogP contribution is 2.36. The SMILES string of the molecule is CCc1ccc(OS(=O)(=O)c2cc(Cl)cc(Cl)c2OC(C)=O)cc1. The van der Waals surface area contributed by atoms with Crippen molar-refractivity contribution in [3.63, 3.8) is 0 Å². The maximum Gasteiger partial charge on any atom is 0.343 e. The highest BCUT2D eigenvalue weighted by molar-refractivity contribution is 7.87. The van der Waals surface area contributed by atoms with Gasteiger partial charge in [-0.1, -0.05) is 42.3 Å². The van der Waals surface area contributed by atoms with Crippen molar-refractivity contribution < 1.29 is 22.1 Å². The molecule has 0 radical (unpaired) electrons. The predicted molar refractivity (Wildman–Crippen MR) is 91.4 cm³/mol. The molecular formula is C16H14Cl2O5S. The minimum atomic E-state index is -4.30. The molecular weight excluding hydrogens is 375 g/mol. The Morgan fingerprint density at radius 1 is 1.12 bits per heavy atom. The summed E-state index contributed by atoms with van der Waals surface area (Å²) in [6, 6.07) is 8.96. The van der Waals surface area contributed by atoms with Crippen LogP contribution in [0, 0.1) is 0 Å². The Balaban J connectivity index is 2.45. The number of halogens is 2. The molecule has 0 aromatic heterocycles. The minimum Gasteiger partial charge on any atom is -0.424 e. The molecule has 128 valence electrons. The summed E-state index contributed by atoms with van der Waals surface area (Å²) in [4.78, 5) is 10.8. The number of rotatable bonds is 5. The van der Waals surface area contributed by atoms with Crippen LogP contribution in [0.1, 0.15) is 19.4 Å². The van der Waals surface area contributed by atoms with Crippen LogP contribution < -0.4 is 8.92 Å². The topological polar surface area (TPSA) is 69.7 Å². The van der Waals surface area contributed by atoms with E-state index in [1.807, 2.05) is 6.92 Å². The van der Waals surface area contributed by atoms with Crippen LogP contribution in [0.25, 0.3) is 0 Å². The zero-order chi connectivity index (χ0) is 17.9. The number of aryl methyl sites for hydroxylation is 1. The number of hydrogen-bond donors (Lipinski definition) is 0. The Morgan fingerprint density at radius 2 is 1.75 bits per heavy atom. The largest absolute Gasteiger partial charge is 0.424 e. The van der Waals surface area contributed by atoms with Gasteiger partial charge >= 0.3 is 16.1 Å². The van der Waals surface area contributed by atoms with Gasteiger partial charge in [0.05, 0.1) is 5.02 Å². The summed E-state index contributed by atoms with van der Waals surface area (Å²) in [6.45, 7) is 3.11. The molecule has 0 fully saturated rings. The van der Waals surface area contributed by atoms with E-state index in [2.05, 4.69) is 0 Å². The molecule has 0 saturated heterocycles. The first-order valence-corrected chi connectivity index (χ1v) is 9.10. The van der Waals surface area contributed by atoms with E-state index in [9.17, 15) is 13.2 Å². The summed E-state index contributed by atoms with van der Waals surface area (Å²) in [5.41, 5.74) is 1.03. The molecule has 2 rings (SSSR count). The Kier molecular flexibility index (Phi) is 5.74. The van der Waals surface area contributed by atoms with Crippen molar-refractivity contribution in [2.45, 2.75) is 25.2 Å². The molecule has 5 nitrogen and oxygen atoms in total. The summed E-state index contributed by atoms with van der Waals surface area (Å²) in [7, 11) is -4.30. The van der Waals surface area contributed by atoms with Crippen molar-refractivity contribution in [2.75, 3.05) is 0 Å². The molecule has 0 bridgehead atoms. The molecule has 0 amide bonds. The number of carbonyl (C=O) groups is 1. The van der Waals surface area contributed by atoms with Gasteiger partial charge in [-0.05, 0) is 36.2 Å². The zero-order valence-corrected chi connectivity index (χ0v) is 15.2. The minimum absolute atomic E-state index is 0.0689. The van der Waals surface area contributed by atoms with Gasteiger partial charge in [-0.25, -0.2) is 0 Å². The average Bonchev–Trinajstić information content (AvgIpc) is 2.49. The second-order valence-corrected chi connectivity index (χ2v) is 7.20. The molecule has 2 aromatic carbocycles. The first-order valence-electron chi connectivity index (χ1n) is 6.94. The summed E-state index contributed by atoms with van der Waals surface area (Å²) in [6.07, 6.45) is 0.813. The van der Waals surface area contributed by atoms with E-state index >= 15 is 0 Å². The summed E-state index contributed by atoms with van der Waals surface area (Å²) >= 11 is 11.8. The third-order valence-electron chi connectivity index (χ3n) is 3.03. The summed E-state index contributed by atoms with van der Waals surface area (Å²) in [5.74, 6) is -0.918. The number of ether oxygens (including phenoxy) is 1. The van der Waals surface area contributed by atoms with Crippen molar-refractivity contribution >= 4 is 39.3 Å². The number of esters is 1. The van der Waals surface area contributed by atoms with Crippen LogP contribution in [0.2, 0.25) is 10.0 Å². The van der Waals surface area contributed by atoms with Crippen LogP contribution >= 0.6 is 23.2 Å². The quantitative estimate of drug-likeness (QED) is 0.435. The Hall–Kier alpha value is -1.76. The van der Waals surface area contributed by atoms with Crippen molar-refractivity contribution in [3.05, 3.63) is 52.0 Å². The maximum atomic E-state index is 12.5. The molecule has 0 aliphatic carbocycles. The van der Waals surface area contributed by atoms with E-state index in [1.165, 1.54) is 18.2 Å². The second-order valence-electron chi connectivity index (χ2n) is 4.84. The Labute approximate surface area is 150 Å². The van der Waals surface area contributed by atoms with E-state index in [-0.39, 0.29) is 21.5 Å². The fourth-order valence-corrected chi connectivity index (χ4v) is 3.67. The molecule has 0 aliphatic rings. The smallest absolute Gasteiger partial charge is 0.343 e. The highest BCUT2D eigenvalue weighted by Gasteiger charge is 2.26. The van der Waals surface area contributed by atoms with Crippen LogP contribution in [0.4, 0.5) is 0 Å². The average molecular weight is 389 g/mol. The third kappa shape index (κ3) is 4.41. The lowest BCUT2D eigenvalue weighted by molar-refractivity contribution is -0.132. The van der Waals surface area contributed by atoms with Crippen molar-refractivity contribution in [3.8, 4) is 11.5 Å². The normalized spacial score (nSPS) is 11.2. The lowest BCUT2D eigenvalue weighted by Gasteiger charge is -2.13. The van der Waals surface area contributed by atoms with Gasteiger partial charge in [0.2, 0.25) is 0 Å². The maximum absolute atomic E-state index is 12.5. The van der Waals surface area contributed by atoms with Crippen LogP contribution in [0.5, 0.6) is 11.5 Å². The molecule has 0 unspecified atom stereocenters. The van der Waals surface area contributed by atoms with Crippen LogP contribution in [0.3, 0.4) is 0 Å². The monoisotopic (exact) mass is 388 g/mol. The zero-order valence-electron chi connectivity index (χ0n) is 12.9. The van der Waals surface area contributed by atoms with Gasteiger partial charge in [0.15, 0.2) is 10.6 Å². The molecule has 8 heteroatoms. The first kappa shape index (κ1) is 18.6. The summed E-state index contributed by atoms with van der Waals surface area (Å²) in [5, 5.41) is -0.0411. The highest BCUT2D eigenvalue weighted by atomic mass is 35.5. The van der Waals surface area contributed by atoms with Gasteiger partial charge < -0.3 is 8.92 Å². The van der Waals surface area contributed by atoms with Gasteiger partial charge in [-0.2, -0.15) is 8.42 Å². The molecule has 0 saturated carbocycles. The lowest BCUT2D eigenvalue weighted by Crippen LogP contribution is -2.13. The molecule has 24 heavy (non-hydrogen) atoms. The van der Waals surface area contributed by atoms with Crippen molar-refractivity contribution in [1.29, 1.82) is 0 Å². The van der Waals surface area contributed by atoms with E-state index in [0.29, 0.717) is 0 Å². The number of benzene rings is 2. The van der Waals surface area contributed by atoms with E-state index in [1.54, 1.807) is 12.1 Å². The predicted octanol–water partition coefficient (Wildman–Crippen LogP) is 4.25. The lowest BCUT2D eigenvalue weighted by atomic mass is 10.2.